The predicted octanol–water partition coefficient (Wildman–Crippen LogP) is 3.67. The average molecular weight is 741 g/mol. The summed E-state index contributed by atoms with van der Waals surface area (Å²) in [5.74, 6) is 9.07. The Morgan fingerprint density at radius 1 is 1.00 bits per heavy atom. The van der Waals surface area contributed by atoms with Crippen molar-refractivity contribution in [2.75, 3.05) is 52.5 Å². The molecule has 0 radical (unpaired) electrons. The first-order valence-electron chi connectivity index (χ1n) is 20.3. The number of esters is 1. The molecule has 6 N–H and O–H groups in total. The van der Waals surface area contributed by atoms with E-state index >= 15 is 0 Å². The number of nitrogens with one attached hydrogen (secondary N) is 2. The number of carbonyl (C=O) groups excluding carboxylic acids is 1. The van der Waals surface area contributed by atoms with E-state index in [2.05, 4.69) is 56.5 Å². The van der Waals surface area contributed by atoms with E-state index in [0.717, 1.165) is 70.5 Å². The van der Waals surface area contributed by atoms with Crippen molar-refractivity contribution >= 4 is 11.9 Å². The monoisotopic (exact) mass is 740 g/mol. The minimum atomic E-state index is -0.661. The zero-order chi connectivity index (χ0) is 37.5. The zero-order valence-corrected chi connectivity index (χ0v) is 31.9. The van der Waals surface area contributed by atoms with Gasteiger partial charge in [0.1, 0.15) is 12.2 Å². The Kier molecular flexibility index (Phi) is 12.6. The van der Waals surface area contributed by atoms with Crippen LogP contribution in [-0.2, 0) is 22.4 Å². The van der Waals surface area contributed by atoms with Gasteiger partial charge in [0.05, 0.1) is 18.2 Å². The quantitative estimate of drug-likeness (QED) is 0.211. The second-order valence-electron chi connectivity index (χ2n) is 16.8. The van der Waals surface area contributed by atoms with E-state index in [1.165, 1.54) is 18.9 Å². The number of aromatic hydroxyl groups is 1. The Labute approximate surface area is 321 Å². The van der Waals surface area contributed by atoms with Crippen molar-refractivity contribution in [3.8, 4) is 23.3 Å². The summed E-state index contributed by atoms with van der Waals surface area (Å²) in [7, 11) is 0. The molecule has 11 nitrogen and oxygen atoms in total. The highest BCUT2D eigenvalue weighted by Gasteiger charge is 2.37. The van der Waals surface area contributed by atoms with Crippen LogP contribution in [0.1, 0.15) is 69.4 Å². The molecule has 2 unspecified atom stereocenters. The third-order valence-electron chi connectivity index (χ3n) is 12.3. The molecule has 0 aromatic heterocycles. The lowest BCUT2D eigenvalue weighted by Crippen LogP contribution is -2.53. The van der Waals surface area contributed by atoms with Gasteiger partial charge in [0.15, 0.2) is 17.5 Å². The normalized spacial score (nSPS) is 34.5. The van der Waals surface area contributed by atoms with Gasteiger partial charge in [-0.1, -0.05) is 42.3 Å². The molecule has 292 valence electrons. The van der Waals surface area contributed by atoms with Gasteiger partial charge in [0, 0.05) is 64.4 Å². The number of phenols is 1. The Morgan fingerprint density at radius 2 is 1.80 bits per heavy atom. The molecule has 10 atom stereocenters. The van der Waals surface area contributed by atoms with Gasteiger partial charge in [-0.05, 0) is 99.6 Å². The number of piperidine rings is 3. The van der Waals surface area contributed by atoms with Crippen molar-refractivity contribution in [2.45, 2.75) is 95.5 Å². The van der Waals surface area contributed by atoms with E-state index < -0.39 is 17.6 Å². The molecule has 0 amide bonds. The van der Waals surface area contributed by atoms with Crippen LogP contribution in [-0.4, -0.2) is 109 Å². The van der Waals surface area contributed by atoms with Crippen LogP contribution >= 0.6 is 0 Å². The lowest BCUT2D eigenvalue weighted by molar-refractivity contribution is -0.151. The molecule has 11 heteroatoms. The number of nitrogens with two attached hydrogens (primary N) is 1. The van der Waals surface area contributed by atoms with Crippen LogP contribution in [0.2, 0.25) is 0 Å². The fourth-order valence-electron chi connectivity index (χ4n) is 9.60. The number of hydrogen-bond acceptors (Lipinski definition) is 11. The van der Waals surface area contributed by atoms with Gasteiger partial charge in [0.2, 0.25) is 0 Å². The van der Waals surface area contributed by atoms with Gasteiger partial charge < -0.3 is 41.0 Å². The molecule has 1 aliphatic carbocycles. The molecule has 2 aromatic carbocycles. The van der Waals surface area contributed by atoms with Crippen LogP contribution in [0.25, 0.3) is 0 Å². The van der Waals surface area contributed by atoms with Crippen molar-refractivity contribution in [3.05, 3.63) is 59.7 Å². The first-order chi connectivity index (χ1) is 26.2. The molecule has 4 bridgehead atoms. The van der Waals surface area contributed by atoms with Crippen LogP contribution in [0.3, 0.4) is 0 Å². The number of guanidine groups is 1. The summed E-state index contributed by atoms with van der Waals surface area (Å²) in [4.78, 5) is 22.2. The minimum absolute atomic E-state index is 0.0252. The van der Waals surface area contributed by atoms with E-state index in [0.29, 0.717) is 74.9 Å². The molecular weight excluding hydrogens is 681 g/mol. The number of aliphatic imine (C=N–C) groups is 1. The Hall–Kier alpha value is -3.82. The van der Waals surface area contributed by atoms with Crippen LogP contribution in [0.15, 0.2) is 53.5 Å². The highest BCUT2D eigenvalue weighted by Crippen LogP contribution is 2.36. The number of carbonyl (C=O) groups is 1. The van der Waals surface area contributed by atoms with Gasteiger partial charge in [-0.25, -0.2) is 4.99 Å². The Bertz CT molecular complexity index is 1650. The number of hydrogen-bond donors (Lipinski definition) is 5. The molecule has 6 aliphatic rings. The number of nitrogens with zero attached hydrogens (tertiary/aromatic N) is 3. The second kappa shape index (κ2) is 17.8. The van der Waals surface area contributed by atoms with E-state index in [-0.39, 0.29) is 23.7 Å². The lowest BCUT2D eigenvalue weighted by atomic mass is 9.76. The number of aliphatic hydroxyl groups is 1. The predicted molar refractivity (Wildman–Crippen MR) is 210 cm³/mol. The fraction of sp³-hybridized carbons (Fsp3) is 0.628. The molecule has 0 saturated carbocycles. The van der Waals surface area contributed by atoms with Crippen molar-refractivity contribution in [1.82, 2.24) is 20.4 Å². The summed E-state index contributed by atoms with van der Waals surface area (Å²) >= 11 is 0. The van der Waals surface area contributed by atoms with Crippen LogP contribution in [0.5, 0.6) is 11.5 Å². The molecular formula is C43H60N6O5. The van der Waals surface area contributed by atoms with Crippen LogP contribution in [0.4, 0.5) is 0 Å². The van der Waals surface area contributed by atoms with Gasteiger partial charge in [0.25, 0.3) is 0 Å². The summed E-state index contributed by atoms with van der Waals surface area (Å²) in [5.41, 5.74) is 8.28. The SMILES string of the molecule is CC(=O)O[C@H]1C[C@@H](O)CC[C@]2(C#CC[C@H]1Cc1ccc(O)c(O[C@H]3CCN[C@H](Cc4ccccc4)C3)c1)CCN1C[C@H]3C[C@@H](C1)CN(CN=C(N)NC2)C3. The summed E-state index contributed by atoms with van der Waals surface area (Å²) in [5, 5.41) is 29.4. The molecule has 5 heterocycles. The number of ether oxygens (including phenoxy) is 2. The molecule has 8 rings (SSSR count). The van der Waals surface area contributed by atoms with Gasteiger partial charge in [-0.15, -0.1) is 5.92 Å². The number of fused-ring (bicyclic) bond motifs is 4. The summed E-state index contributed by atoms with van der Waals surface area (Å²) in [6, 6.07) is 16.3. The molecule has 3 saturated heterocycles. The van der Waals surface area contributed by atoms with Crippen molar-refractivity contribution in [1.29, 1.82) is 0 Å². The van der Waals surface area contributed by atoms with Crippen molar-refractivity contribution < 1.29 is 24.5 Å². The first kappa shape index (κ1) is 38.5. The third-order valence-corrected chi connectivity index (χ3v) is 12.3. The third kappa shape index (κ3) is 10.5. The average Bonchev–Trinajstić information content (AvgIpc) is 3.15. The molecule has 2 aromatic rings. The van der Waals surface area contributed by atoms with Gasteiger partial charge in [-0.3, -0.25) is 9.69 Å². The molecule has 1 spiro atoms. The largest absolute Gasteiger partial charge is 0.504 e. The topological polar surface area (TPSA) is 145 Å². The lowest BCUT2D eigenvalue weighted by Gasteiger charge is -2.46. The maximum absolute atomic E-state index is 12.4. The summed E-state index contributed by atoms with van der Waals surface area (Å²) < 4.78 is 12.4. The zero-order valence-electron chi connectivity index (χ0n) is 31.9. The Morgan fingerprint density at radius 3 is 2.59 bits per heavy atom. The number of aliphatic hydroxyl groups excluding tert-OH is 1. The van der Waals surface area contributed by atoms with Crippen molar-refractivity contribution in [3.63, 3.8) is 0 Å². The van der Waals surface area contributed by atoms with E-state index in [1.807, 2.05) is 18.2 Å². The summed E-state index contributed by atoms with van der Waals surface area (Å²) in [6.45, 7) is 8.73. The fourth-order valence-corrected chi connectivity index (χ4v) is 9.60. The van der Waals surface area contributed by atoms with Gasteiger partial charge in [-0.2, -0.15) is 0 Å². The maximum Gasteiger partial charge on any atom is 0.302 e. The minimum Gasteiger partial charge on any atom is -0.504 e. The highest BCUT2D eigenvalue weighted by atomic mass is 16.5. The standard InChI is InChI=1S/C43H60N6O5/c1-30(50)53-40-23-37(51)11-14-43(15-17-48-24-33-18-34(25-48)27-49(26-33)29-47-42(44)46-28-43)13-5-8-35(40)19-32-9-10-39(52)41(21-32)54-38-12-16-45-36(22-38)20-31-6-3-2-4-7-31/h2-4,6-7,9-10,21,33-38,40,45,51-52H,8,11-12,14-20,22-29H2,1H3,(H3,44,46,47)/t33-,34+,35-,36+,37-,38-,40-,43+/m0/s1. The molecule has 3 fully saturated rings. The molecule has 54 heavy (non-hydrogen) atoms. The first-order valence-corrected chi connectivity index (χ1v) is 20.3. The van der Waals surface area contributed by atoms with E-state index in [4.69, 9.17) is 20.2 Å². The number of benzene rings is 2. The smallest absolute Gasteiger partial charge is 0.302 e. The summed E-state index contributed by atoms with van der Waals surface area (Å²) in [6.07, 6.45) is 6.21. The molecule has 5 aliphatic heterocycles. The van der Waals surface area contributed by atoms with Gasteiger partial charge >= 0.3 is 5.97 Å². The highest BCUT2D eigenvalue weighted by molar-refractivity contribution is 5.77. The van der Waals surface area contributed by atoms with Crippen LogP contribution < -0.4 is 21.1 Å². The number of rotatable bonds is 7. The Balaban J connectivity index is 1.09. The maximum atomic E-state index is 12.4. The van der Waals surface area contributed by atoms with Crippen LogP contribution in [0, 0.1) is 35.0 Å². The van der Waals surface area contributed by atoms with E-state index in [9.17, 15) is 15.0 Å². The number of phenolic OH excluding ortho intramolecular Hbond substituents is 1. The second-order valence-corrected chi connectivity index (χ2v) is 16.8. The van der Waals surface area contributed by atoms with E-state index in [1.54, 1.807) is 6.07 Å². The van der Waals surface area contributed by atoms with Crippen molar-refractivity contribution in [2.24, 2.45) is 33.9 Å².